The van der Waals surface area contributed by atoms with Crippen molar-refractivity contribution < 1.29 is 22.4 Å². The minimum absolute atomic E-state index is 0.132. The van der Waals surface area contributed by atoms with Crippen LogP contribution in [0.1, 0.15) is 5.56 Å². The summed E-state index contributed by atoms with van der Waals surface area (Å²) in [5.74, 6) is -7.14. The van der Waals surface area contributed by atoms with Gasteiger partial charge in [-0.2, -0.15) is 0 Å². The van der Waals surface area contributed by atoms with E-state index in [1.54, 1.807) is 24.3 Å². The predicted molar refractivity (Wildman–Crippen MR) is 95.0 cm³/mol. The Morgan fingerprint density at radius 2 is 1.22 bits per heavy atom. The van der Waals surface area contributed by atoms with Gasteiger partial charge in [0, 0.05) is 11.1 Å². The van der Waals surface area contributed by atoms with Crippen molar-refractivity contribution in [2.24, 2.45) is 5.73 Å². The first-order chi connectivity index (χ1) is 12.8. The zero-order valence-electron chi connectivity index (χ0n) is 13.6. The molecular weight excluding hydrogens is 382 g/mol. The van der Waals surface area contributed by atoms with Crippen LogP contribution in [0, 0.1) is 17.5 Å². The molecular formula is C20H12ClF4NO. The van der Waals surface area contributed by atoms with Gasteiger partial charge in [0.25, 0.3) is 11.0 Å². The lowest BCUT2D eigenvalue weighted by Gasteiger charge is -2.23. The Balaban J connectivity index is 2.55. The van der Waals surface area contributed by atoms with Gasteiger partial charge in [0.1, 0.15) is 0 Å². The summed E-state index contributed by atoms with van der Waals surface area (Å²) < 4.78 is 58.6. The minimum atomic E-state index is -3.59. The first kappa shape index (κ1) is 18.9. The fourth-order valence-corrected chi connectivity index (χ4v) is 3.03. The van der Waals surface area contributed by atoms with Crippen LogP contribution in [0.3, 0.4) is 0 Å². The largest absolute Gasteiger partial charge is 0.365 e. The number of hydrogen-bond acceptors (Lipinski definition) is 1. The summed E-state index contributed by atoms with van der Waals surface area (Å²) in [6.45, 7) is 0. The number of carbonyl (C=O) groups excluding carboxylic acids is 1. The standard InChI is InChI=1S/C20H12ClF4NO/c21-20(25,19(26)27)15-13(11-7-3-1-4-8-11)14(12-9-5-2-6-10-12)16(22)18(24)17(15)23/h1-10H,(H2,26,27). The van der Waals surface area contributed by atoms with E-state index in [1.807, 2.05) is 0 Å². The summed E-state index contributed by atoms with van der Waals surface area (Å²) in [7, 11) is 0. The van der Waals surface area contributed by atoms with Crippen molar-refractivity contribution in [3.63, 3.8) is 0 Å². The summed E-state index contributed by atoms with van der Waals surface area (Å²) in [5, 5.41) is -3.59. The highest BCUT2D eigenvalue weighted by Gasteiger charge is 2.44. The number of alkyl halides is 2. The molecule has 138 valence electrons. The van der Waals surface area contributed by atoms with E-state index in [0.29, 0.717) is 0 Å². The van der Waals surface area contributed by atoms with E-state index < -0.39 is 45.2 Å². The molecule has 0 heterocycles. The molecule has 0 aliphatic carbocycles. The van der Waals surface area contributed by atoms with Crippen molar-refractivity contribution in [1.82, 2.24) is 0 Å². The lowest BCUT2D eigenvalue weighted by atomic mass is 9.87. The molecule has 0 aliphatic heterocycles. The van der Waals surface area contributed by atoms with E-state index in [4.69, 9.17) is 17.3 Å². The van der Waals surface area contributed by atoms with Gasteiger partial charge in [-0.05, 0) is 11.1 Å². The quantitative estimate of drug-likeness (QED) is 0.365. The van der Waals surface area contributed by atoms with Gasteiger partial charge < -0.3 is 5.73 Å². The maximum atomic E-state index is 14.9. The van der Waals surface area contributed by atoms with E-state index in [1.165, 1.54) is 36.4 Å². The zero-order valence-corrected chi connectivity index (χ0v) is 14.4. The predicted octanol–water partition coefficient (Wildman–Crippen LogP) is 5.28. The van der Waals surface area contributed by atoms with Crippen LogP contribution >= 0.6 is 11.6 Å². The van der Waals surface area contributed by atoms with Crippen molar-refractivity contribution in [2.45, 2.75) is 5.13 Å². The Kier molecular flexibility index (Phi) is 4.93. The maximum Gasteiger partial charge on any atom is 0.289 e. The van der Waals surface area contributed by atoms with Gasteiger partial charge in [-0.3, -0.25) is 4.79 Å². The average molecular weight is 394 g/mol. The van der Waals surface area contributed by atoms with Crippen molar-refractivity contribution in [2.75, 3.05) is 0 Å². The van der Waals surface area contributed by atoms with Crippen LogP contribution in [0.5, 0.6) is 0 Å². The summed E-state index contributed by atoms with van der Waals surface area (Å²) in [4.78, 5) is 11.5. The highest BCUT2D eigenvalue weighted by Crippen LogP contribution is 2.46. The van der Waals surface area contributed by atoms with E-state index in [9.17, 15) is 22.4 Å². The lowest BCUT2D eigenvalue weighted by Crippen LogP contribution is -2.34. The lowest BCUT2D eigenvalue weighted by molar-refractivity contribution is -0.125. The molecule has 3 rings (SSSR count). The summed E-state index contributed by atoms with van der Waals surface area (Å²) in [6.07, 6.45) is 0. The zero-order chi connectivity index (χ0) is 19.8. The highest BCUT2D eigenvalue weighted by atomic mass is 35.5. The van der Waals surface area contributed by atoms with Crippen LogP contribution in [0.4, 0.5) is 17.6 Å². The Morgan fingerprint density at radius 3 is 1.67 bits per heavy atom. The van der Waals surface area contributed by atoms with Gasteiger partial charge in [0.05, 0.1) is 5.56 Å². The van der Waals surface area contributed by atoms with Crippen molar-refractivity contribution in [1.29, 1.82) is 0 Å². The second-order valence-corrected chi connectivity index (χ2v) is 6.26. The fourth-order valence-electron chi connectivity index (χ4n) is 2.85. The molecule has 1 atom stereocenters. The molecule has 0 radical (unpaired) electrons. The number of hydrogen-bond donors (Lipinski definition) is 1. The molecule has 1 unspecified atom stereocenters. The SMILES string of the molecule is NC(=O)C(F)(Cl)c1c(F)c(F)c(F)c(-c2ccccc2)c1-c1ccccc1. The molecule has 0 saturated carbocycles. The Morgan fingerprint density at radius 1 is 0.778 bits per heavy atom. The Hall–Kier alpha value is -2.86. The molecule has 7 heteroatoms. The molecule has 0 bridgehead atoms. The molecule has 0 spiro atoms. The van der Waals surface area contributed by atoms with Gasteiger partial charge in [-0.25, -0.2) is 17.6 Å². The van der Waals surface area contributed by atoms with Gasteiger partial charge in [0.2, 0.25) is 0 Å². The third-order valence-corrected chi connectivity index (χ3v) is 4.45. The molecule has 2 nitrogen and oxygen atoms in total. The van der Waals surface area contributed by atoms with Crippen molar-refractivity contribution >= 4 is 17.5 Å². The summed E-state index contributed by atoms with van der Waals surface area (Å²) in [5.41, 5.74) is 3.25. The van der Waals surface area contributed by atoms with Crippen LogP contribution < -0.4 is 5.73 Å². The molecule has 27 heavy (non-hydrogen) atoms. The van der Waals surface area contributed by atoms with Crippen molar-refractivity contribution in [3.8, 4) is 22.3 Å². The third-order valence-electron chi connectivity index (χ3n) is 4.07. The molecule has 0 aromatic heterocycles. The Labute approximate surface area is 157 Å². The number of halogens is 5. The summed E-state index contributed by atoms with van der Waals surface area (Å²) in [6, 6.07) is 15.1. The van der Waals surface area contributed by atoms with Crippen LogP contribution in [0.15, 0.2) is 60.7 Å². The maximum absolute atomic E-state index is 14.9. The first-order valence-electron chi connectivity index (χ1n) is 7.76. The third kappa shape index (κ3) is 3.17. The Bertz CT molecular complexity index is 1010. The van der Waals surface area contributed by atoms with Gasteiger partial charge in [-0.1, -0.05) is 72.3 Å². The van der Waals surface area contributed by atoms with E-state index in [-0.39, 0.29) is 11.1 Å². The van der Waals surface area contributed by atoms with Crippen LogP contribution in [-0.2, 0) is 9.92 Å². The van der Waals surface area contributed by atoms with E-state index in [2.05, 4.69) is 0 Å². The van der Waals surface area contributed by atoms with Crippen molar-refractivity contribution in [3.05, 3.63) is 83.7 Å². The monoisotopic (exact) mass is 393 g/mol. The molecule has 1 amide bonds. The minimum Gasteiger partial charge on any atom is -0.365 e. The fraction of sp³-hybridized carbons (Fsp3) is 0.0500. The van der Waals surface area contributed by atoms with Crippen LogP contribution in [-0.4, -0.2) is 5.91 Å². The number of nitrogens with two attached hydrogens (primary N) is 1. The van der Waals surface area contributed by atoms with Gasteiger partial charge in [-0.15, -0.1) is 0 Å². The van der Waals surface area contributed by atoms with E-state index >= 15 is 0 Å². The normalized spacial score (nSPS) is 13.2. The number of amides is 1. The smallest absolute Gasteiger partial charge is 0.289 e. The van der Waals surface area contributed by atoms with E-state index in [0.717, 1.165) is 0 Å². The topological polar surface area (TPSA) is 43.1 Å². The molecule has 0 aliphatic rings. The molecule has 3 aromatic carbocycles. The van der Waals surface area contributed by atoms with Gasteiger partial charge in [0.15, 0.2) is 17.5 Å². The number of primary amides is 1. The van der Waals surface area contributed by atoms with Crippen LogP contribution in [0.25, 0.3) is 22.3 Å². The average Bonchev–Trinajstić information content (AvgIpc) is 2.66. The molecule has 0 saturated heterocycles. The molecule has 2 N–H and O–H groups in total. The highest BCUT2D eigenvalue weighted by molar-refractivity contribution is 6.33. The molecule has 3 aromatic rings. The second kappa shape index (κ2) is 7.04. The number of carbonyl (C=O) groups is 1. The number of benzene rings is 3. The second-order valence-electron chi connectivity index (χ2n) is 5.74. The number of rotatable bonds is 4. The first-order valence-corrected chi connectivity index (χ1v) is 8.14. The molecule has 0 fully saturated rings. The van der Waals surface area contributed by atoms with Gasteiger partial charge >= 0.3 is 0 Å². The van der Waals surface area contributed by atoms with Crippen LogP contribution in [0.2, 0.25) is 0 Å². The summed E-state index contributed by atoms with van der Waals surface area (Å²) >= 11 is 5.57.